The van der Waals surface area contributed by atoms with E-state index in [0.717, 1.165) is 11.1 Å². The molecule has 0 bridgehead atoms. The third-order valence-corrected chi connectivity index (χ3v) is 3.18. The number of primary amides is 1. The van der Waals surface area contributed by atoms with E-state index < -0.39 is 12.1 Å². The largest absolute Gasteiger partial charge is 0.351 e. The molecule has 0 aliphatic carbocycles. The summed E-state index contributed by atoms with van der Waals surface area (Å²) in [6.07, 6.45) is 0. The molecule has 4 N–H and O–H groups in total. The van der Waals surface area contributed by atoms with Gasteiger partial charge in [0.15, 0.2) is 0 Å². The third kappa shape index (κ3) is 4.77. The van der Waals surface area contributed by atoms with E-state index in [0.29, 0.717) is 5.69 Å². The number of carbonyl (C=O) groups excluding carboxylic acids is 2. The molecule has 1 aromatic carbocycles. The van der Waals surface area contributed by atoms with Crippen molar-refractivity contribution < 1.29 is 9.59 Å². The van der Waals surface area contributed by atoms with Crippen LogP contribution in [0.3, 0.4) is 0 Å². The smallest absolute Gasteiger partial charge is 0.327 e. The van der Waals surface area contributed by atoms with Gasteiger partial charge < -0.3 is 11.1 Å². The van der Waals surface area contributed by atoms with Gasteiger partial charge in [-0.05, 0) is 28.0 Å². The summed E-state index contributed by atoms with van der Waals surface area (Å²) < 4.78 is 0. The second-order valence-electron chi connectivity index (χ2n) is 7.20. The molecular weight excluding hydrogens is 266 g/mol. The van der Waals surface area contributed by atoms with Crippen LogP contribution in [0.1, 0.15) is 52.7 Å². The van der Waals surface area contributed by atoms with Gasteiger partial charge in [0.1, 0.15) is 0 Å². The van der Waals surface area contributed by atoms with Gasteiger partial charge in [-0.25, -0.2) is 9.59 Å². The number of nitrogens with two attached hydrogens (primary N) is 1. The van der Waals surface area contributed by atoms with Gasteiger partial charge in [-0.15, -0.1) is 0 Å². The maximum Gasteiger partial charge on any atom is 0.327 e. The SMILES string of the molecule is CC(C)(C)c1ccc(C(C)(C)C)c(NC(=O)NC(N)=O)c1. The summed E-state index contributed by atoms with van der Waals surface area (Å²) in [7, 11) is 0. The molecule has 0 fully saturated rings. The summed E-state index contributed by atoms with van der Waals surface area (Å²) in [5.74, 6) is 0. The average molecular weight is 291 g/mol. The molecule has 0 aliphatic heterocycles. The molecule has 0 radical (unpaired) electrons. The minimum atomic E-state index is -0.878. The lowest BCUT2D eigenvalue weighted by atomic mass is 9.81. The van der Waals surface area contributed by atoms with Crippen LogP contribution < -0.4 is 16.4 Å². The summed E-state index contributed by atoms with van der Waals surface area (Å²) in [4.78, 5) is 22.5. The van der Waals surface area contributed by atoms with Crippen molar-refractivity contribution >= 4 is 17.7 Å². The number of rotatable bonds is 1. The Bertz CT molecular complexity index is 552. The van der Waals surface area contributed by atoms with Crippen LogP contribution in [0.4, 0.5) is 15.3 Å². The van der Waals surface area contributed by atoms with Gasteiger partial charge >= 0.3 is 12.1 Å². The van der Waals surface area contributed by atoms with Crippen molar-refractivity contribution in [1.29, 1.82) is 0 Å². The number of hydrogen-bond acceptors (Lipinski definition) is 2. The Morgan fingerprint density at radius 1 is 1.00 bits per heavy atom. The molecule has 0 saturated heterocycles. The fourth-order valence-corrected chi connectivity index (χ4v) is 2.03. The normalized spacial score (nSPS) is 11.9. The second-order valence-corrected chi connectivity index (χ2v) is 7.20. The van der Waals surface area contributed by atoms with E-state index in [1.54, 1.807) is 0 Å². The number of amides is 4. The lowest BCUT2D eigenvalue weighted by Gasteiger charge is -2.26. The van der Waals surface area contributed by atoms with Crippen LogP contribution in [0.5, 0.6) is 0 Å². The van der Waals surface area contributed by atoms with Crippen LogP contribution in [0.15, 0.2) is 18.2 Å². The van der Waals surface area contributed by atoms with Crippen LogP contribution in [0, 0.1) is 0 Å². The van der Waals surface area contributed by atoms with E-state index in [2.05, 4.69) is 52.9 Å². The zero-order chi connectivity index (χ0) is 16.4. The minimum absolute atomic E-state index is 0.0347. The van der Waals surface area contributed by atoms with Gasteiger partial charge in [-0.1, -0.05) is 53.7 Å². The molecule has 0 unspecified atom stereocenters. The van der Waals surface area contributed by atoms with Crippen molar-refractivity contribution in [2.24, 2.45) is 5.73 Å². The first-order chi connectivity index (χ1) is 9.41. The molecule has 5 nitrogen and oxygen atoms in total. The molecule has 0 atom stereocenters. The van der Waals surface area contributed by atoms with Gasteiger partial charge in [-0.2, -0.15) is 0 Å². The van der Waals surface area contributed by atoms with Crippen molar-refractivity contribution in [3.8, 4) is 0 Å². The molecule has 116 valence electrons. The monoisotopic (exact) mass is 291 g/mol. The van der Waals surface area contributed by atoms with Crippen molar-refractivity contribution in [3.05, 3.63) is 29.3 Å². The number of urea groups is 2. The van der Waals surface area contributed by atoms with Gasteiger partial charge in [-0.3, -0.25) is 5.32 Å². The highest BCUT2D eigenvalue weighted by Crippen LogP contribution is 2.33. The zero-order valence-electron chi connectivity index (χ0n) is 13.6. The Morgan fingerprint density at radius 2 is 1.57 bits per heavy atom. The van der Waals surface area contributed by atoms with Crippen LogP contribution in [0.25, 0.3) is 0 Å². The quantitative estimate of drug-likeness (QED) is 0.740. The number of hydrogen-bond donors (Lipinski definition) is 3. The van der Waals surface area contributed by atoms with Crippen molar-refractivity contribution in [3.63, 3.8) is 0 Å². The number of nitrogens with one attached hydrogen (secondary N) is 2. The van der Waals surface area contributed by atoms with E-state index in [1.165, 1.54) is 0 Å². The lowest BCUT2D eigenvalue weighted by molar-refractivity contribution is 0.238. The molecule has 0 heterocycles. The van der Waals surface area contributed by atoms with E-state index >= 15 is 0 Å². The molecule has 1 aromatic rings. The van der Waals surface area contributed by atoms with Crippen LogP contribution in [-0.2, 0) is 10.8 Å². The average Bonchev–Trinajstić information content (AvgIpc) is 2.24. The first-order valence-corrected chi connectivity index (χ1v) is 6.93. The van der Waals surface area contributed by atoms with Crippen LogP contribution in [0.2, 0.25) is 0 Å². The summed E-state index contributed by atoms with van der Waals surface area (Å²) >= 11 is 0. The highest BCUT2D eigenvalue weighted by molar-refractivity contribution is 6.00. The molecule has 5 heteroatoms. The molecule has 21 heavy (non-hydrogen) atoms. The summed E-state index contributed by atoms with van der Waals surface area (Å²) in [5.41, 5.74) is 7.58. The standard InChI is InChI=1S/C16H25N3O2/c1-15(2,3)10-7-8-11(16(4,5)6)12(9-10)18-14(21)19-13(17)20/h7-9H,1-6H3,(H4,17,18,19,20,21). The van der Waals surface area contributed by atoms with Crippen molar-refractivity contribution in [1.82, 2.24) is 5.32 Å². The van der Waals surface area contributed by atoms with E-state index in [1.807, 2.05) is 17.4 Å². The maximum absolute atomic E-state index is 11.7. The van der Waals surface area contributed by atoms with E-state index in [4.69, 9.17) is 5.73 Å². The summed E-state index contributed by atoms with van der Waals surface area (Å²) in [5, 5.41) is 4.73. The highest BCUT2D eigenvalue weighted by atomic mass is 16.2. The Balaban J connectivity index is 3.24. The third-order valence-electron chi connectivity index (χ3n) is 3.18. The summed E-state index contributed by atoms with van der Waals surface area (Å²) in [6, 6.07) is 4.52. The Kier molecular flexibility index (Phi) is 4.66. The maximum atomic E-state index is 11.7. The highest BCUT2D eigenvalue weighted by Gasteiger charge is 2.22. The molecule has 4 amide bonds. The Morgan fingerprint density at radius 3 is 2.00 bits per heavy atom. The fourth-order valence-electron chi connectivity index (χ4n) is 2.03. The van der Waals surface area contributed by atoms with Gasteiger partial charge in [0.2, 0.25) is 0 Å². The molecule has 0 spiro atoms. The summed E-state index contributed by atoms with van der Waals surface area (Å²) in [6.45, 7) is 12.5. The van der Waals surface area contributed by atoms with Crippen molar-refractivity contribution in [2.75, 3.05) is 5.32 Å². The lowest BCUT2D eigenvalue weighted by Crippen LogP contribution is -2.38. The first-order valence-electron chi connectivity index (χ1n) is 6.93. The van der Waals surface area contributed by atoms with Gasteiger partial charge in [0, 0.05) is 5.69 Å². The molecule has 1 rings (SSSR count). The minimum Gasteiger partial charge on any atom is -0.351 e. The molecular formula is C16H25N3O2. The predicted octanol–water partition coefficient (Wildman–Crippen LogP) is 3.48. The van der Waals surface area contributed by atoms with E-state index in [9.17, 15) is 9.59 Å². The van der Waals surface area contributed by atoms with E-state index in [-0.39, 0.29) is 10.8 Å². The zero-order valence-corrected chi connectivity index (χ0v) is 13.6. The van der Waals surface area contributed by atoms with Crippen LogP contribution in [-0.4, -0.2) is 12.1 Å². The molecule has 0 saturated carbocycles. The van der Waals surface area contributed by atoms with Gasteiger partial charge in [0.25, 0.3) is 0 Å². The Hall–Kier alpha value is -2.04. The predicted molar refractivity (Wildman–Crippen MR) is 85.6 cm³/mol. The number of anilines is 1. The van der Waals surface area contributed by atoms with Gasteiger partial charge in [0.05, 0.1) is 0 Å². The molecule has 0 aromatic heterocycles. The topological polar surface area (TPSA) is 84.2 Å². The number of imide groups is 1. The molecule has 0 aliphatic rings. The van der Waals surface area contributed by atoms with Crippen LogP contribution >= 0.6 is 0 Å². The Labute approximate surface area is 126 Å². The fraction of sp³-hybridized carbons (Fsp3) is 0.500. The number of carbonyl (C=O) groups is 2. The number of benzene rings is 1. The second kappa shape index (κ2) is 5.76. The first kappa shape index (κ1) is 17.0. The van der Waals surface area contributed by atoms with Crippen molar-refractivity contribution in [2.45, 2.75) is 52.4 Å².